The van der Waals surface area contributed by atoms with Crippen LogP contribution in [0.25, 0.3) is 0 Å². The summed E-state index contributed by atoms with van der Waals surface area (Å²) in [5.41, 5.74) is -0.478. The SMILES string of the molecule is CC(C)(C)OC(=O)NCC1CCN(c2nc(Cl)ncc2Br)C1. The summed E-state index contributed by atoms with van der Waals surface area (Å²) in [6, 6.07) is 0. The van der Waals surface area contributed by atoms with Crippen LogP contribution in [0.1, 0.15) is 27.2 Å². The summed E-state index contributed by atoms with van der Waals surface area (Å²) >= 11 is 9.29. The Morgan fingerprint density at radius 2 is 2.32 bits per heavy atom. The molecule has 0 aromatic carbocycles. The Hall–Kier alpha value is -1.08. The van der Waals surface area contributed by atoms with E-state index in [2.05, 4.69) is 36.1 Å². The van der Waals surface area contributed by atoms with E-state index in [-0.39, 0.29) is 11.4 Å². The molecule has 2 rings (SSSR count). The first kappa shape index (κ1) is 17.3. The Bertz CT molecular complexity index is 550. The van der Waals surface area contributed by atoms with Crippen molar-refractivity contribution >= 4 is 39.4 Å². The first-order chi connectivity index (χ1) is 10.2. The Labute approximate surface area is 143 Å². The highest BCUT2D eigenvalue weighted by atomic mass is 79.9. The monoisotopic (exact) mass is 390 g/mol. The molecule has 1 amide bonds. The number of aromatic nitrogens is 2. The third-order valence-corrected chi connectivity index (χ3v) is 3.96. The number of alkyl carbamates (subject to hydrolysis) is 1. The lowest BCUT2D eigenvalue weighted by molar-refractivity contribution is 0.0520. The molecule has 1 unspecified atom stereocenters. The van der Waals surface area contributed by atoms with E-state index in [1.165, 1.54) is 0 Å². The normalized spacial score (nSPS) is 18.4. The summed E-state index contributed by atoms with van der Waals surface area (Å²) in [4.78, 5) is 22.0. The maximum Gasteiger partial charge on any atom is 0.407 e. The van der Waals surface area contributed by atoms with E-state index in [4.69, 9.17) is 16.3 Å². The molecule has 8 heteroatoms. The van der Waals surface area contributed by atoms with Gasteiger partial charge in [-0.1, -0.05) is 0 Å². The number of hydrogen-bond donors (Lipinski definition) is 1. The molecular weight excluding hydrogens is 372 g/mol. The summed E-state index contributed by atoms with van der Waals surface area (Å²) in [7, 11) is 0. The molecule has 22 heavy (non-hydrogen) atoms. The molecule has 1 fully saturated rings. The third-order valence-electron chi connectivity index (χ3n) is 3.22. The number of amides is 1. The fourth-order valence-corrected chi connectivity index (χ4v) is 2.86. The zero-order valence-electron chi connectivity index (χ0n) is 12.9. The highest BCUT2D eigenvalue weighted by molar-refractivity contribution is 9.10. The lowest BCUT2D eigenvalue weighted by atomic mass is 10.1. The quantitative estimate of drug-likeness (QED) is 0.801. The average molecular weight is 392 g/mol. The van der Waals surface area contributed by atoms with Crippen molar-refractivity contribution in [1.29, 1.82) is 0 Å². The topological polar surface area (TPSA) is 67.3 Å². The molecule has 0 bridgehead atoms. The van der Waals surface area contributed by atoms with Crippen molar-refractivity contribution in [2.45, 2.75) is 32.8 Å². The Balaban J connectivity index is 1.85. The van der Waals surface area contributed by atoms with Gasteiger partial charge < -0.3 is 15.0 Å². The van der Waals surface area contributed by atoms with Crippen molar-refractivity contribution in [2.24, 2.45) is 5.92 Å². The predicted octanol–water partition coefficient (Wildman–Crippen LogP) is 3.24. The van der Waals surface area contributed by atoms with Crippen molar-refractivity contribution in [1.82, 2.24) is 15.3 Å². The Morgan fingerprint density at radius 1 is 1.59 bits per heavy atom. The summed E-state index contributed by atoms with van der Waals surface area (Å²) in [6.45, 7) is 7.80. The lowest BCUT2D eigenvalue weighted by Crippen LogP contribution is -2.36. The molecule has 1 atom stereocenters. The third kappa shape index (κ3) is 4.98. The molecule has 0 spiro atoms. The van der Waals surface area contributed by atoms with E-state index in [0.717, 1.165) is 29.8 Å². The largest absolute Gasteiger partial charge is 0.444 e. The number of carbonyl (C=O) groups is 1. The van der Waals surface area contributed by atoms with Crippen molar-refractivity contribution in [2.75, 3.05) is 24.5 Å². The van der Waals surface area contributed by atoms with Crippen LogP contribution in [0.4, 0.5) is 10.6 Å². The van der Waals surface area contributed by atoms with Gasteiger partial charge >= 0.3 is 6.09 Å². The van der Waals surface area contributed by atoms with Gasteiger partial charge in [0, 0.05) is 25.8 Å². The molecule has 0 saturated carbocycles. The lowest BCUT2D eigenvalue weighted by Gasteiger charge is -2.21. The molecule has 1 aliphatic heterocycles. The maximum atomic E-state index is 11.7. The van der Waals surface area contributed by atoms with Gasteiger partial charge in [0.05, 0.1) is 4.47 Å². The molecule has 6 nitrogen and oxygen atoms in total. The van der Waals surface area contributed by atoms with E-state index in [0.29, 0.717) is 12.5 Å². The van der Waals surface area contributed by atoms with E-state index in [9.17, 15) is 4.79 Å². The molecule has 1 aromatic heterocycles. The van der Waals surface area contributed by atoms with Gasteiger partial charge in [-0.2, -0.15) is 4.98 Å². The van der Waals surface area contributed by atoms with E-state index in [1.54, 1.807) is 6.20 Å². The highest BCUT2D eigenvalue weighted by Crippen LogP contribution is 2.29. The average Bonchev–Trinajstić information content (AvgIpc) is 2.86. The summed E-state index contributed by atoms with van der Waals surface area (Å²) in [5.74, 6) is 1.15. The molecule has 1 aromatic rings. The summed E-state index contributed by atoms with van der Waals surface area (Å²) < 4.78 is 6.05. The second-order valence-electron chi connectivity index (χ2n) is 6.29. The van der Waals surface area contributed by atoms with Crippen molar-refractivity contribution in [3.8, 4) is 0 Å². The molecule has 1 N–H and O–H groups in total. The second kappa shape index (κ2) is 7.00. The van der Waals surface area contributed by atoms with Gasteiger partial charge in [-0.15, -0.1) is 0 Å². The van der Waals surface area contributed by atoms with Crippen LogP contribution < -0.4 is 10.2 Å². The molecule has 1 aliphatic rings. The highest BCUT2D eigenvalue weighted by Gasteiger charge is 2.26. The van der Waals surface area contributed by atoms with Gasteiger partial charge in [0.1, 0.15) is 11.4 Å². The van der Waals surface area contributed by atoms with E-state index >= 15 is 0 Å². The number of halogens is 2. The van der Waals surface area contributed by atoms with E-state index < -0.39 is 5.60 Å². The van der Waals surface area contributed by atoms with Crippen LogP contribution in [0.2, 0.25) is 5.28 Å². The number of nitrogens with one attached hydrogen (secondary N) is 1. The number of rotatable bonds is 3. The van der Waals surface area contributed by atoms with E-state index in [1.807, 2.05) is 20.8 Å². The molecule has 122 valence electrons. The van der Waals surface area contributed by atoms with Crippen molar-refractivity contribution < 1.29 is 9.53 Å². The zero-order chi connectivity index (χ0) is 16.3. The summed E-state index contributed by atoms with van der Waals surface area (Å²) in [5, 5.41) is 3.05. The number of carbonyl (C=O) groups excluding carboxylic acids is 1. The first-order valence-electron chi connectivity index (χ1n) is 7.14. The van der Waals surface area contributed by atoms with Crippen LogP contribution in [0.5, 0.6) is 0 Å². The van der Waals surface area contributed by atoms with Gasteiger partial charge in [-0.25, -0.2) is 9.78 Å². The Morgan fingerprint density at radius 3 is 3.00 bits per heavy atom. The van der Waals surface area contributed by atoms with Crippen molar-refractivity contribution in [3.63, 3.8) is 0 Å². The van der Waals surface area contributed by atoms with Gasteiger partial charge in [0.25, 0.3) is 0 Å². The van der Waals surface area contributed by atoms with Gasteiger partial charge in [-0.05, 0) is 60.6 Å². The molecule has 2 heterocycles. The van der Waals surface area contributed by atoms with Crippen LogP contribution in [0, 0.1) is 5.92 Å². The molecule has 0 radical (unpaired) electrons. The summed E-state index contributed by atoms with van der Waals surface area (Å²) in [6.07, 6.45) is 2.25. The van der Waals surface area contributed by atoms with Crippen LogP contribution in [-0.2, 0) is 4.74 Å². The maximum absolute atomic E-state index is 11.7. The first-order valence-corrected chi connectivity index (χ1v) is 8.31. The minimum Gasteiger partial charge on any atom is -0.444 e. The minimum absolute atomic E-state index is 0.230. The minimum atomic E-state index is -0.478. The van der Waals surface area contributed by atoms with Crippen LogP contribution >= 0.6 is 27.5 Å². The second-order valence-corrected chi connectivity index (χ2v) is 7.49. The van der Waals surface area contributed by atoms with Gasteiger partial charge in [0.2, 0.25) is 5.28 Å². The molecular formula is C14H20BrClN4O2. The molecule has 0 aliphatic carbocycles. The number of anilines is 1. The smallest absolute Gasteiger partial charge is 0.407 e. The standard InChI is InChI=1S/C14H20BrClN4O2/c1-14(2,3)22-13(21)18-6-9-4-5-20(8-9)11-10(15)7-17-12(16)19-11/h7,9H,4-6,8H2,1-3H3,(H,18,21). The number of hydrogen-bond acceptors (Lipinski definition) is 5. The molecule has 1 saturated heterocycles. The predicted molar refractivity (Wildman–Crippen MR) is 89.3 cm³/mol. The number of nitrogens with zero attached hydrogens (tertiary/aromatic N) is 3. The Kier molecular flexibility index (Phi) is 5.50. The van der Waals surface area contributed by atoms with Crippen molar-refractivity contribution in [3.05, 3.63) is 16.0 Å². The van der Waals surface area contributed by atoms with Gasteiger partial charge in [0.15, 0.2) is 0 Å². The van der Waals surface area contributed by atoms with Crippen LogP contribution in [0.15, 0.2) is 10.7 Å². The van der Waals surface area contributed by atoms with Crippen LogP contribution in [-0.4, -0.2) is 41.3 Å². The van der Waals surface area contributed by atoms with Gasteiger partial charge in [-0.3, -0.25) is 0 Å². The number of ether oxygens (including phenoxy) is 1. The van der Waals surface area contributed by atoms with Crippen LogP contribution in [0.3, 0.4) is 0 Å². The fraction of sp³-hybridized carbons (Fsp3) is 0.643. The zero-order valence-corrected chi connectivity index (χ0v) is 15.2. The fourth-order valence-electron chi connectivity index (χ4n) is 2.29.